The maximum absolute atomic E-state index is 5.91. The third kappa shape index (κ3) is 2.47. The summed E-state index contributed by atoms with van der Waals surface area (Å²) in [7, 11) is 1.80. The van der Waals surface area contributed by atoms with E-state index in [0.29, 0.717) is 12.6 Å². The molecular formula is C15H23N3O. The molecule has 4 heteroatoms. The molecule has 104 valence electrons. The van der Waals surface area contributed by atoms with Gasteiger partial charge in [0.15, 0.2) is 0 Å². The molecular weight excluding hydrogens is 238 g/mol. The molecule has 0 radical (unpaired) electrons. The molecule has 0 atom stereocenters. The minimum absolute atomic E-state index is 0.409. The van der Waals surface area contributed by atoms with Gasteiger partial charge in [-0.25, -0.2) is 4.98 Å². The van der Waals surface area contributed by atoms with Crippen molar-refractivity contribution in [1.29, 1.82) is 0 Å². The fraction of sp³-hybridized carbons (Fsp3) is 0.667. The number of aromatic nitrogens is 1. The van der Waals surface area contributed by atoms with Crippen molar-refractivity contribution < 1.29 is 4.74 Å². The fourth-order valence-electron chi connectivity index (χ4n) is 3.24. The molecule has 0 aromatic carbocycles. The smallest absolute Gasteiger partial charge is 0.133 e. The largest absolute Gasteiger partial charge is 0.381 e. The molecule has 0 unspecified atom stereocenters. The summed E-state index contributed by atoms with van der Waals surface area (Å²) in [5.74, 6) is 1.12. The zero-order valence-electron chi connectivity index (χ0n) is 11.7. The number of hydrogen-bond acceptors (Lipinski definition) is 4. The molecule has 4 nitrogen and oxygen atoms in total. The van der Waals surface area contributed by atoms with Crippen LogP contribution in [-0.4, -0.2) is 31.3 Å². The first-order chi connectivity index (χ1) is 9.31. The van der Waals surface area contributed by atoms with Crippen LogP contribution in [0.3, 0.4) is 0 Å². The number of aryl methyl sites for hydroxylation is 2. The van der Waals surface area contributed by atoms with E-state index in [9.17, 15) is 0 Å². The van der Waals surface area contributed by atoms with E-state index in [1.807, 2.05) is 0 Å². The fourth-order valence-corrected chi connectivity index (χ4v) is 3.24. The van der Waals surface area contributed by atoms with Gasteiger partial charge in [0, 0.05) is 38.0 Å². The highest BCUT2D eigenvalue weighted by Crippen LogP contribution is 2.29. The standard InChI is InChI=1S/C15H23N3O/c1-19-13-5-7-18(8-6-13)15-12(10-16)9-11-3-2-4-14(11)17-15/h9,13H,2-8,10,16H2,1H3. The van der Waals surface area contributed by atoms with Gasteiger partial charge in [0.25, 0.3) is 0 Å². The van der Waals surface area contributed by atoms with Crippen molar-refractivity contribution in [3.8, 4) is 0 Å². The number of piperidine rings is 1. The second kappa shape index (κ2) is 5.47. The molecule has 2 N–H and O–H groups in total. The Morgan fingerprint density at radius 3 is 2.84 bits per heavy atom. The van der Waals surface area contributed by atoms with Gasteiger partial charge in [0.05, 0.1) is 6.10 Å². The van der Waals surface area contributed by atoms with Gasteiger partial charge in [0.2, 0.25) is 0 Å². The zero-order chi connectivity index (χ0) is 13.2. The molecule has 1 fully saturated rings. The molecule has 0 spiro atoms. The Labute approximate surface area is 115 Å². The number of rotatable bonds is 3. The first-order valence-corrected chi connectivity index (χ1v) is 7.31. The molecule has 19 heavy (non-hydrogen) atoms. The average Bonchev–Trinajstić information content (AvgIpc) is 2.93. The van der Waals surface area contributed by atoms with Gasteiger partial charge < -0.3 is 15.4 Å². The number of hydrogen-bond donors (Lipinski definition) is 1. The summed E-state index contributed by atoms with van der Waals surface area (Å²) < 4.78 is 5.43. The van der Waals surface area contributed by atoms with E-state index in [4.69, 9.17) is 15.5 Å². The van der Waals surface area contributed by atoms with E-state index in [1.165, 1.54) is 29.7 Å². The average molecular weight is 261 g/mol. The minimum atomic E-state index is 0.409. The lowest BCUT2D eigenvalue weighted by molar-refractivity contribution is 0.0817. The van der Waals surface area contributed by atoms with Crippen LogP contribution in [-0.2, 0) is 24.1 Å². The maximum atomic E-state index is 5.91. The summed E-state index contributed by atoms with van der Waals surface area (Å²) in [5, 5.41) is 0. The summed E-state index contributed by atoms with van der Waals surface area (Å²) >= 11 is 0. The lowest BCUT2D eigenvalue weighted by Gasteiger charge is -2.33. The van der Waals surface area contributed by atoms with Crippen LogP contribution in [0.1, 0.15) is 36.1 Å². The van der Waals surface area contributed by atoms with Gasteiger partial charge >= 0.3 is 0 Å². The Hall–Kier alpha value is -1.13. The van der Waals surface area contributed by atoms with Crippen molar-refractivity contribution in [1.82, 2.24) is 4.98 Å². The minimum Gasteiger partial charge on any atom is -0.381 e. The topological polar surface area (TPSA) is 51.4 Å². The van der Waals surface area contributed by atoms with Crippen molar-refractivity contribution in [2.24, 2.45) is 5.73 Å². The summed E-state index contributed by atoms with van der Waals surface area (Å²) in [6.07, 6.45) is 6.11. The molecule has 1 saturated heterocycles. The quantitative estimate of drug-likeness (QED) is 0.899. The van der Waals surface area contributed by atoms with Crippen LogP contribution in [0.4, 0.5) is 5.82 Å². The Balaban J connectivity index is 1.84. The molecule has 3 rings (SSSR count). The number of nitrogens with two attached hydrogens (primary N) is 1. The van der Waals surface area contributed by atoms with E-state index in [0.717, 1.165) is 38.2 Å². The van der Waals surface area contributed by atoms with Gasteiger partial charge in [0.1, 0.15) is 5.82 Å². The Morgan fingerprint density at radius 1 is 1.37 bits per heavy atom. The first kappa shape index (κ1) is 12.9. The van der Waals surface area contributed by atoms with Crippen LogP contribution in [0.2, 0.25) is 0 Å². The summed E-state index contributed by atoms with van der Waals surface area (Å²) in [6, 6.07) is 2.28. The summed E-state index contributed by atoms with van der Waals surface area (Å²) in [4.78, 5) is 7.29. The SMILES string of the molecule is COC1CCN(c2nc3c(cc2CN)CCC3)CC1. The van der Waals surface area contributed by atoms with E-state index in [-0.39, 0.29) is 0 Å². The molecule has 0 saturated carbocycles. The predicted molar refractivity (Wildman–Crippen MR) is 76.4 cm³/mol. The first-order valence-electron chi connectivity index (χ1n) is 7.31. The maximum Gasteiger partial charge on any atom is 0.133 e. The van der Waals surface area contributed by atoms with Crippen molar-refractivity contribution in [2.75, 3.05) is 25.1 Å². The van der Waals surface area contributed by atoms with Gasteiger partial charge in [-0.1, -0.05) is 0 Å². The molecule has 1 aliphatic heterocycles. The number of pyridine rings is 1. The monoisotopic (exact) mass is 261 g/mol. The Bertz CT molecular complexity index is 453. The van der Waals surface area contributed by atoms with Crippen LogP contribution in [0, 0.1) is 0 Å². The third-order valence-electron chi connectivity index (χ3n) is 4.40. The van der Waals surface area contributed by atoms with Crippen LogP contribution in [0.25, 0.3) is 0 Å². The van der Waals surface area contributed by atoms with Crippen molar-refractivity contribution in [3.63, 3.8) is 0 Å². The van der Waals surface area contributed by atoms with Crippen molar-refractivity contribution >= 4 is 5.82 Å². The zero-order valence-corrected chi connectivity index (χ0v) is 11.7. The second-order valence-corrected chi connectivity index (χ2v) is 5.56. The van der Waals surface area contributed by atoms with Crippen LogP contribution < -0.4 is 10.6 Å². The molecule has 1 aromatic rings. The molecule has 1 aromatic heterocycles. The van der Waals surface area contributed by atoms with E-state index in [2.05, 4.69) is 11.0 Å². The molecule has 2 aliphatic rings. The van der Waals surface area contributed by atoms with E-state index >= 15 is 0 Å². The van der Waals surface area contributed by atoms with Crippen molar-refractivity contribution in [2.45, 2.75) is 44.8 Å². The Kier molecular flexibility index (Phi) is 3.71. The van der Waals surface area contributed by atoms with Crippen LogP contribution in [0.15, 0.2) is 6.07 Å². The number of fused-ring (bicyclic) bond motifs is 1. The highest BCUT2D eigenvalue weighted by Gasteiger charge is 2.23. The van der Waals surface area contributed by atoms with Crippen molar-refractivity contribution in [3.05, 3.63) is 22.9 Å². The number of anilines is 1. The predicted octanol–water partition coefficient (Wildman–Crippen LogP) is 1.64. The lowest BCUT2D eigenvalue weighted by Crippen LogP contribution is -2.38. The normalized spacial score (nSPS) is 19.8. The summed E-state index contributed by atoms with van der Waals surface area (Å²) in [5.41, 5.74) is 9.82. The van der Waals surface area contributed by atoms with Gasteiger partial charge in [-0.05, 0) is 43.7 Å². The lowest BCUT2D eigenvalue weighted by atomic mass is 10.1. The van der Waals surface area contributed by atoms with Gasteiger partial charge in [-0.15, -0.1) is 0 Å². The summed E-state index contributed by atoms with van der Waals surface area (Å²) in [6.45, 7) is 2.63. The highest BCUT2D eigenvalue weighted by atomic mass is 16.5. The second-order valence-electron chi connectivity index (χ2n) is 5.56. The highest BCUT2D eigenvalue weighted by molar-refractivity contribution is 5.51. The van der Waals surface area contributed by atoms with Gasteiger partial charge in [-0.2, -0.15) is 0 Å². The van der Waals surface area contributed by atoms with E-state index < -0.39 is 0 Å². The molecule has 1 aliphatic carbocycles. The van der Waals surface area contributed by atoms with E-state index in [1.54, 1.807) is 7.11 Å². The Morgan fingerprint density at radius 2 is 2.16 bits per heavy atom. The third-order valence-corrected chi connectivity index (χ3v) is 4.40. The van der Waals surface area contributed by atoms with Crippen LogP contribution >= 0.6 is 0 Å². The number of methoxy groups -OCH3 is 1. The molecule has 0 bridgehead atoms. The number of nitrogens with zero attached hydrogens (tertiary/aromatic N) is 2. The van der Waals surface area contributed by atoms with Crippen LogP contribution in [0.5, 0.6) is 0 Å². The molecule has 0 amide bonds. The van der Waals surface area contributed by atoms with Gasteiger partial charge in [-0.3, -0.25) is 0 Å². The molecule has 2 heterocycles. The number of ether oxygens (including phenoxy) is 1.